The summed E-state index contributed by atoms with van der Waals surface area (Å²) in [5.74, 6) is -0.905. The van der Waals surface area contributed by atoms with Crippen molar-refractivity contribution in [1.29, 1.82) is 0 Å². The van der Waals surface area contributed by atoms with Crippen LogP contribution < -0.4 is 22.0 Å². The van der Waals surface area contributed by atoms with Crippen molar-refractivity contribution in [2.75, 3.05) is 6.54 Å². The summed E-state index contributed by atoms with van der Waals surface area (Å²) in [7, 11) is 0. The molecule has 5 unspecified atom stereocenters. The lowest BCUT2D eigenvalue weighted by Crippen LogP contribution is -2.65. The number of rotatable bonds is 27. The first-order valence-corrected chi connectivity index (χ1v) is 19.1. The van der Waals surface area contributed by atoms with Crippen molar-refractivity contribution in [2.45, 2.75) is 109 Å². The summed E-state index contributed by atoms with van der Waals surface area (Å²) in [6.07, 6.45) is 1.23. The van der Waals surface area contributed by atoms with Crippen LogP contribution >= 0.6 is 0 Å². The molecule has 312 valence electrons. The summed E-state index contributed by atoms with van der Waals surface area (Å²) in [6.45, 7) is 5.70. The van der Waals surface area contributed by atoms with Crippen LogP contribution in [0.25, 0.3) is 0 Å². The Balaban J connectivity index is 2.46. The van der Waals surface area contributed by atoms with E-state index in [1.807, 2.05) is 6.92 Å². The Morgan fingerprint density at radius 3 is 2.04 bits per heavy atom. The van der Waals surface area contributed by atoms with Gasteiger partial charge in [-0.3, -0.25) is 34.0 Å². The van der Waals surface area contributed by atoms with Gasteiger partial charge in [0.2, 0.25) is 11.8 Å². The number of hydroxylamine groups is 1. The van der Waals surface area contributed by atoms with Gasteiger partial charge in [-0.05, 0) is 43.6 Å². The molecule has 17 nitrogen and oxygen atoms in total. The molecular formula is C40H56N6O11. The molecule has 5 atom stereocenters. The number of carboxylic acids is 1. The quantitative estimate of drug-likeness (QED) is 0.0170. The standard InChI is InChI=1S/C40H56N6O11/c1-4-5-7-15-34(49)42-20-11-10-14-30(24-47)46(41)45(31(25-48)22-27-16-18-29(19-17-27)36(52)28-12-8-6-9-13-28)40(56)33(23-35(50)51)43-38(54)32(21-26(2)3)37(53)39(55)44-57/h6,8-9,12-13,16-19,24-26,30-33,37,53,57H,4-5,7,10-11,14-15,20-23,41H2,1-3H3,(H,42,49)(H,43,54)(H,44,55)(H,50,51). The van der Waals surface area contributed by atoms with Crippen molar-refractivity contribution < 1.29 is 53.8 Å². The molecular weight excluding hydrogens is 740 g/mol. The summed E-state index contributed by atoms with van der Waals surface area (Å²) in [5.41, 5.74) is 2.51. The first-order chi connectivity index (χ1) is 27.2. The van der Waals surface area contributed by atoms with E-state index >= 15 is 0 Å². The van der Waals surface area contributed by atoms with Crippen molar-refractivity contribution in [1.82, 2.24) is 26.2 Å². The average Bonchev–Trinajstić information content (AvgIpc) is 3.20. The summed E-state index contributed by atoms with van der Waals surface area (Å²) in [5, 5.41) is 35.9. The van der Waals surface area contributed by atoms with E-state index in [1.54, 1.807) is 56.3 Å². The molecule has 17 heteroatoms. The van der Waals surface area contributed by atoms with Crippen molar-refractivity contribution >= 4 is 48.0 Å². The molecule has 57 heavy (non-hydrogen) atoms. The van der Waals surface area contributed by atoms with Gasteiger partial charge in [0.05, 0.1) is 12.3 Å². The molecule has 0 aliphatic rings. The number of ketones is 1. The SMILES string of the molecule is CCCCCC(=O)NCCCCC(C=O)N(N)N(C(=O)C(CC(=O)O)NC(=O)C(CC(C)C)C(O)C(=O)NO)C(C=O)Cc1ccc(C(=O)c2ccccc2)cc1. The Morgan fingerprint density at radius 1 is 0.842 bits per heavy atom. The predicted molar refractivity (Wildman–Crippen MR) is 207 cm³/mol. The second-order valence-corrected chi connectivity index (χ2v) is 14.2. The van der Waals surface area contributed by atoms with Crippen molar-refractivity contribution in [2.24, 2.45) is 17.7 Å². The molecule has 0 saturated carbocycles. The van der Waals surface area contributed by atoms with E-state index < -0.39 is 60.3 Å². The van der Waals surface area contributed by atoms with Gasteiger partial charge in [-0.2, -0.15) is 0 Å². The maximum Gasteiger partial charge on any atom is 0.305 e. The van der Waals surface area contributed by atoms with Crippen LogP contribution in [0.3, 0.4) is 0 Å². The van der Waals surface area contributed by atoms with Crippen molar-refractivity contribution in [3.63, 3.8) is 0 Å². The Bertz CT molecular complexity index is 1640. The number of carbonyl (C=O) groups excluding carboxylic acids is 7. The smallest absolute Gasteiger partial charge is 0.305 e. The molecule has 0 radical (unpaired) electrons. The zero-order valence-corrected chi connectivity index (χ0v) is 32.7. The first kappa shape index (κ1) is 47.8. The number of carbonyl (C=O) groups is 8. The molecule has 4 amide bonds. The molecule has 0 aliphatic heterocycles. The number of benzene rings is 2. The molecule has 0 aromatic heterocycles. The summed E-state index contributed by atoms with van der Waals surface area (Å²) < 4.78 is 0. The van der Waals surface area contributed by atoms with Gasteiger partial charge in [-0.15, -0.1) is 5.12 Å². The van der Waals surface area contributed by atoms with Gasteiger partial charge in [0, 0.05) is 30.5 Å². The number of aldehydes is 2. The average molecular weight is 797 g/mol. The fourth-order valence-corrected chi connectivity index (χ4v) is 6.13. The van der Waals surface area contributed by atoms with Crippen LogP contribution in [-0.2, 0) is 40.0 Å². The normalized spacial score (nSPS) is 13.8. The number of hydrogen-bond donors (Lipinski definition) is 7. The molecule has 2 aromatic rings. The topological polar surface area (TPSA) is 266 Å². The van der Waals surface area contributed by atoms with Gasteiger partial charge in [0.1, 0.15) is 36.8 Å². The molecule has 0 saturated heterocycles. The van der Waals surface area contributed by atoms with Crippen molar-refractivity contribution in [3.8, 4) is 0 Å². The molecule has 8 N–H and O–H groups in total. The highest BCUT2D eigenvalue weighted by Gasteiger charge is 2.40. The fraction of sp³-hybridized carbons (Fsp3) is 0.500. The Hall–Kier alpha value is -5.36. The van der Waals surface area contributed by atoms with E-state index in [4.69, 9.17) is 11.0 Å². The third kappa shape index (κ3) is 15.6. The lowest BCUT2D eigenvalue weighted by molar-refractivity contribution is -0.169. The number of carboxylic acid groups (broad SMARTS) is 1. The lowest BCUT2D eigenvalue weighted by atomic mass is 9.90. The fourth-order valence-electron chi connectivity index (χ4n) is 6.13. The highest BCUT2D eigenvalue weighted by molar-refractivity contribution is 6.09. The number of nitrogens with one attached hydrogen (secondary N) is 3. The molecule has 0 bridgehead atoms. The second kappa shape index (κ2) is 25.0. The summed E-state index contributed by atoms with van der Waals surface area (Å²) in [4.78, 5) is 102. The monoisotopic (exact) mass is 796 g/mol. The highest BCUT2D eigenvalue weighted by Crippen LogP contribution is 2.20. The zero-order chi connectivity index (χ0) is 42.5. The lowest BCUT2D eigenvalue weighted by Gasteiger charge is -2.40. The van der Waals surface area contributed by atoms with E-state index in [9.17, 15) is 48.6 Å². The summed E-state index contributed by atoms with van der Waals surface area (Å²) in [6, 6.07) is 10.1. The first-order valence-electron chi connectivity index (χ1n) is 19.1. The largest absolute Gasteiger partial charge is 0.481 e. The molecule has 2 aromatic carbocycles. The van der Waals surface area contributed by atoms with E-state index in [-0.39, 0.29) is 36.9 Å². The Morgan fingerprint density at radius 2 is 1.47 bits per heavy atom. The van der Waals surface area contributed by atoms with Crippen LogP contribution in [0.1, 0.15) is 100 Å². The number of nitrogens with zero attached hydrogens (tertiary/aromatic N) is 2. The number of amides is 4. The number of aliphatic hydroxyl groups excluding tert-OH is 1. The minimum atomic E-state index is -2.08. The van der Waals surface area contributed by atoms with Gasteiger partial charge in [0.25, 0.3) is 11.8 Å². The van der Waals surface area contributed by atoms with Crippen molar-refractivity contribution in [3.05, 3.63) is 71.3 Å². The van der Waals surface area contributed by atoms with Crippen LogP contribution in [0.15, 0.2) is 54.6 Å². The molecule has 0 aliphatic carbocycles. The van der Waals surface area contributed by atoms with Crippen LogP contribution in [0.5, 0.6) is 0 Å². The van der Waals surface area contributed by atoms with Crippen LogP contribution in [0.2, 0.25) is 0 Å². The van der Waals surface area contributed by atoms with Gasteiger partial charge >= 0.3 is 5.97 Å². The second-order valence-electron chi connectivity index (χ2n) is 14.2. The minimum absolute atomic E-state index is 0.0479. The molecule has 0 spiro atoms. The van der Waals surface area contributed by atoms with Crippen LogP contribution in [0, 0.1) is 11.8 Å². The van der Waals surface area contributed by atoms with Gasteiger partial charge in [-0.25, -0.2) is 16.3 Å². The predicted octanol–water partition coefficient (Wildman–Crippen LogP) is 1.87. The molecule has 2 rings (SSSR count). The van der Waals surface area contributed by atoms with E-state index in [0.717, 1.165) is 19.3 Å². The third-order valence-electron chi connectivity index (χ3n) is 9.21. The van der Waals surface area contributed by atoms with E-state index in [2.05, 4.69) is 10.6 Å². The maximum atomic E-state index is 14.4. The molecule has 0 fully saturated rings. The third-order valence-corrected chi connectivity index (χ3v) is 9.21. The number of hydrazine groups is 2. The van der Waals surface area contributed by atoms with Gasteiger partial charge in [-0.1, -0.05) is 88.2 Å². The zero-order valence-electron chi connectivity index (χ0n) is 32.7. The van der Waals surface area contributed by atoms with E-state index in [0.29, 0.717) is 65.2 Å². The number of unbranched alkanes of at least 4 members (excludes halogenated alkanes) is 3. The Labute approximate surface area is 332 Å². The Kier molecular flexibility index (Phi) is 21.0. The number of hydrogen-bond acceptors (Lipinski definition) is 12. The maximum absolute atomic E-state index is 14.4. The minimum Gasteiger partial charge on any atom is -0.481 e. The summed E-state index contributed by atoms with van der Waals surface area (Å²) >= 11 is 0. The van der Waals surface area contributed by atoms with Gasteiger partial charge in [0.15, 0.2) is 5.78 Å². The number of aliphatic carboxylic acids is 1. The highest BCUT2D eigenvalue weighted by atomic mass is 16.5. The number of nitrogens with two attached hydrogens (primary N) is 1. The van der Waals surface area contributed by atoms with Crippen LogP contribution in [-0.4, -0.2) is 104 Å². The van der Waals surface area contributed by atoms with E-state index in [1.165, 1.54) is 17.6 Å². The number of aliphatic hydroxyl groups is 1. The van der Waals surface area contributed by atoms with Crippen LogP contribution in [0.4, 0.5) is 0 Å². The molecule has 0 heterocycles. The van der Waals surface area contributed by atoms with Gasteiger partial charge < -0.3 is 30.4 Å².